The number of methoxy groups -OCH3 is 1. The van der Waals surface area contributed by atoms with Gasteiger partial charge in [-0.25, -0.2) is 13.8 Å². The number of rotatable bonds is 8. The maximum absolute atomic E-state index is 12.7. The van der Waals surface area contributed by atoms with Crippen LogP contribution in [0.1, 0.15) is 24.5 Å². The summed E-state index contributed by atoms with van der Waals surface area (Å²) in [5.74, 6) is 0.594. The van der Waals surface area contributed by atoms with Crippen molar-refractivity contribution >= 4 is 32.4 Å². The fraction of sp³-hybridized carbons (Fsp3) is 0.308. The van der Waals surface area contributed by atoms with Crippen molar-refractivity contribution in [2.24, 2.45) is 5.10 Å². The Hall–Kier alpha value is -3.27. The predicted octanol–water partition coefficient (Wildman–Crippen LogP) is 3.34. The molecule has 0 radical (unpaired) electrons. The molecule has 0 aliphatic carbocycles. The number of morpholine rings is 1. The highest BCUT2D eigenvalue weighted by Crippen LogP contribution is 2.22. The molecule has 35 heavy (non-hydrogen) atoms. The van der Waals surface area contributed by atoms with E-state index in [1.165, 1.54) is 4.31 Å². The van der Waals surface area contributed by atoms with E-state index in [4.69, 9.17) is 9.47 Å². The Morgan fingerprint density at radius 1 is 1.03 bits per heavy atom. The second-order valence-corrected chi connectivity index (χ2v) is 10.3. The minimum absolute atomic E-state index is 0.208. The van der Waals surface area contributed by atoms with E-state index in [9.17, 15) is 13.2 Å². The Bertz CT molecular complexity index is 1330. The van der Waals surface area contributed by atoms with Gasteiger partial charge in [-0.2, -0.15) is 9.41 Å². The summed E-state index contributed by atoms with van der Waals surface area (Å²) in [7, 11) is -1.88. The zero-order chi connectivity index (χ0) is 24.8. The largest absolute Gasteiger partial charge is 0.497 e. The molecule has 184 valence electrons. The van der Waals surface area contributed by atoms with Crippen LogP contribution in [-0.2, 0) is 26.0 Å². The van der Waals surface area contributed by atoms with Crippen molar-refractivity contribution in [3.05, 3.63) is 71.8 Å². The molecule has 1 fully saturated rings. The zero-order valence-corrected chi connectivity index (χ0v) is 20.7. The number of hydrogen-bond acceptors (Lipinski definition) is 6. The molecule has 4 rings (SSSR count). The van der Waals surface area contributed by atoms with E-state index in [1.54, 1.807) is 31.4 Å². The first-order valence-electron chi connectivity index (χ1n) is 11.4. The summed E-state index contributed by atoms with van der Waals surface area (Å²) in [6.45, 7) is 3.38. The lowest BCUT2D eigenvalue weighted by Crippen LogP contribution is -2.40. The van der Waals surface area contributed by atoms with E-state index in [-0.39, 0.29) is 17.2 Å². The van der Waals surface area contributed by atoms with Crippen LogP contribution in [0.3, 0.4) is 0 Å². The van der Waals surface area contributed by atoms with Gasteiger partial charge in [-0.05, 0) is 65.6 Å². The zero-order valence-electron chi connectivity index (χ0n) is 19.9. The second-order valence-electron chi connectivity index (χ2n) is 8.32. The van der Waals surface area contributed by atoms with Crippen molar-refractivity contribution in [2.75, 3.05) is 33.4 Å². The van der Waals surface area contributed by atoms with Crippen LogP contribution in [0.25, 0.3) is 10.8 Å². The summed E-state index contributed by atoms with van der Waals surface area (Å²) in [4.78, 5) is 12.6. The predicted molar refractivity (Wildman–Crippen MR) is 135 cm³/mol. The molecule has 1 saturated heterocycles. The minimum atomic E-state index is -3.52. The Balaban J connectivity index is 1.32. The number of sulfonamides is 1. The summed E-state index contributed by atoms with van der Waals surface area (Å²) in [5, 5.41) is 6.36. The highest BCUT2D eigenvalue weighted by Gasteiger charge is 2.26. The number of carbonyl (C=O) groups is 1. The number of carbonyl (C=O) groups excluding carboxylic acids is 1. The smallest absolute Gasteiger partial charge is 0.243 e. The van der Waals surface area contributed by atoms with Crippen molar-refractivity contribution in [2.45, 2.75) is 24.7 Å². The third-order valence-electron chi connectivity index (χ3n) is 5.99. The second kappa shape index (κ2) is 11.0. The van der Waals surface area contributed by atoms with Gasteiger partial charge in [0.25, 0.3) is 0 Å². The summed E-state index contributed by atoms with van der Waals surface area (Å²) in [5.41, 5.74) is 5.11. The van der Waals surface area contributed by atoms with Crippen LogP contribution in [0.5, 0.6) is 5.75 Å². The normalized spacial score (nSPS) is 15.2. The van der Waals surface area contributed by atoms with E-state index < -0.39 is 10.0 Å². The standard InChI is InChI=1S/C26H29N3O5S/c1-19(21-6-7-23-18-24(33-2)9-8-22(23)17-21)27-28-26(30)12-5-20-3-10-25(11-4-20)35(31,32)29-13-15-34-16-14-29/h3-4,6-11,17-18H,5,12-16H2,1-2H3,(H,28,30)/b27-19+. The summed E-state index contributed by atoms with van der Waals surface area (Å²) in [6, 6.07) is 18.5. The van der Waals surface area contributed by atoms with E-state index in [0.717, 1.165) is 27.6 Å². The highest BCUT2D eigenvalue weighted by molar-refractivity contribution is 7.89. The fourth-order valence-electron chi connectivity index (χ4n) is 3.86. The lowest BCUT2D eigenvalue weighted by Gasteiger charge is -2.26. The maximum Gasteiger partial charge on any atom is 0.243 e. The SMILES string of the molecule is COc1ccc2cc(/C(C)=N/NC(=O)CCc3ccc(S(=O)(=O)N4CCOCC4)cc3)ccc2c1. The van der Waals surface area contributed by atoms with Gasteiger partial charge in [0.1, 0.15) is 5.75 Å². The van der Waals surface area contributed by atoms with Crippen molar-refractivity contribution < 1.29 is 22.7 Å². The topological polar surface area (TPSA) is 97.3 Å². The highest BCUT2D eigenvalue weighted by atomic mass is 32.2. The molecule has 0 unspecified atom stereocenters. The van der Waals surface area contributed by atoms with Gasteiger partial charge in [-0.1, -0.05) is 30.3 Å². The Morgan fingerprint density at radius 3 is 2.43 bits per heavy atom. The average Bonchev–Trinajstić information content (AvgIpc) is 2.90. The van der Waals surface area contributed by atoms with Crippen molar-refractivity contribution in [3.8, 4) is 5.75 Å². The third kappa shape index (κ3) is 6.05. The van der Waals surface area contributed by atoms with E-state index in [2.05, 4.69) is 10.5 Å². The number of aryl methyl sites for hydroxylation is 1. The molecule has 0 aromatic heterocycles. The fourth-order valence-corrected chi connectivity index (χ4v) is 5.27. The Morgan fingerprint density at radius 2 is 1.71 bits per heavy atom. The van der Waals surface area contributed by atoms with Crippen LogP contribution in [0.4, 0.5) is 0 Å². The number of benzene rings is 3. The number of nitrogens with zero attached hydrogens (tertiary/aromatic N) is 2. The van der Waals surface area contributed by atoms with Crippen LogP contribution in [0, 0.1) is 0 Å². The molecule has 1 aliphatic rings. The van der Waals surface area contributed by atoms with E-state index >= 15 is 0 Å². The maximum atomic E-state index is 12.7. The summed E-state index contributed by atoms with van der Waals surface area (Å²) in [6.07, 6.45) is 0.722. The van der Waals surface area contributed by atoms with E-state index in [1.807, 2.05) is 43.3 Å². The van der Waals surface area contributed by atoms with Gasteiger partial charge in [0.15, 0.2) is 0 Å². The van der Waals surface area contributed by atoms with Crippen LogP contribution < -0.4 is 10.2 Å². The average molecular weight is 496 g/mol. The number of hydrogen-bond donors (Lipinski definition) is 1. The van der Waals surface area contributed by atoms with Gasteiger partial charge in [0.05, 0.1) is 30.9 Å². The molecule has 0 atom stereocenters. The monoisotopic (exact) mass is 495 g/mol. The molecular formula is C26H29N3O5S. The van der Waals surface area contributed by atoms with Gasteiger partial charge >= 0.3 is 0 Å². The lowest BCUT2D eigenvalue weighted by molar-refractivity contribution is -0.121. The van der Waals surface area contributed by atoms with E-state index in [0.29, 0.717) is 38.4 Å². The van der Waals surface area contributed by atoms with Crippen molar-refractivity contribution in [1.29, 1.82) is 0 Å². The number of hydrazone groups is 1. The van der Waals surface area contributed by atoms with Crippen molar-refractivity contribution in [1.82, 2.24) is 9.73 Å². The Kier molecular flexibility index (Phi) is 7.80. The summed E-state index contributed by atoms with van der Waals surface area (Å²) >= 11 is 0. The third-order valence-corrected chi connectivity index (χ3v) is 7.90. The molecule has 1 heterocycles. The first-order valence-corrected chi connectivity index (χ1v) is 12.9. The molecule has 3 aromatic carbocycles. The van der Waals surface area contributed by atoms with Crippen LogP contribution >= 0.6 is 0 Å². The molecule has 3 aromatic rings. The van der Waals surface area contributed by atoms with Gasteiger partial charge in [-0.3, -0.25) is 4.79 Å². The van der Waals surface area contributed by atoms with Gasteiger partial charge in [0, 0.05) is 19.5 Å². The summed E-state index contributed by atoms with van der Waals surface area (Å²) < 4.78 is 37.4. The van der Waals surface area contributed by atoms with Gasteiger partial charge < -0.3 is 9.47 Å². The van der Waals surface area contributed by atoms with Gasteiger partial charge in [0.2, 0.25) is 15.9 Å². The number of nitrogens with one attached hydrogen (secondary N) is 1. The first-order chi connectivity index (χ1) is 16.9. The number of amides is 1. The molecular weight excluding hydrogens is 466 g/mol. The molecule has 0 bridgehead atoms. The number of fused-ring (bicyclic) bond motifs is 1. The molecule has 8 nitrogen and oxygen atoms in total. The molecule has 0 saturated carbocycles. The minimum Gasteiger partial charge on any atom is -0.497 e. The molecule has 1 amide bonds. The van der Waals surface area contributed by atoms with Crippen LogP contribution in [-0.4, -0.2) is 57.8 Å². The molecule has 0 spiro atoms. The van der Waals surface area contributed by atoms with Crippen LogP contribution in [0.2, 0.25) is 0 Å². The Labute approximate surface area is 205 Å². The molecule has 1 aliphatic heterocycles. The number of ether oxygens (including phenoxy) is 2. The lowest BCUT2D eigenvalue weighted by atomic mass is 10.0. The van der Waals surface area contributed by atoms with Gasteiger partial charge in [-0.15, -0.1) is 0 Å². The molecule has 9 heteroatoms. The molecule has 1 N–H and O–H groups in total. The quantitative estimate of drug-likeness (QED) is 0.382. The first kappa shape index (κ1) is 24.8. The van der Waals surface area contributed by atoms with Crippen molar-refractivity contribution in [3.63, 3.8) is 0 Å². The van der Waals surface area contributed by atoms with Crippen LogP contribution in [0.15, 0.2) is 70.7 Å².